The zero-order valence-electron chi connectivity index (χ0n) is 16.3. The Balaban J connectivity index is 1.32. The first-order valence-electron chi connectivity index (χ1n) is 9.89. The molecule has 1 aromatic carbocycles. The lowest BCUT2D eigenvalue weighted by atomic mass is 10.1. The lowest BCUT2D eigenvalue weighted by Gasteiger charge is -2.36. The van der Waals surface area contributed by atoms with Crippen LogP contribution < -0.4 is 0 Å². The molecule has 0 unspecified atom stereocenters. The van der Waals surface area contributed by atoms with E-state index in [0.717, 1.165) is 18.0 Å². The standard InChI is InChI=1S/C22H23N3O3S/c1-15-20(23-21(28-15)19-8-5-11-29-19)22(26)25-13-17-18(14-25)27-10-9-24(17)12-16-6-3-2-4-7-16/h2-8,11,17-18H,9-10,12-14H2,1H3/t17-,18-/m0/s1. The number of amides is 1. The Morgan fingerprint density at radius 1 is 1.21 bits per heavy atom. The van der Waals surface area contributed by atoms with Gasteiger partial charge in [0.1, 0.15) is 5.76 Å². The van der Waals surface area contributed by atoms with E-state index in [9.17, 15) is 4.79 Å². The monoisotopic (exact) mass is 409 g/mol. The van der Waals surface area contributed by atoms with Gasteiger partial charge in [0.25, 0.3) is 5.91 Å². The van der Waals surface area contributed by atoms with E-state index in [1.165, 1.54) is 5.56 Å². The Kier molecular flexibility index (Phi) is 4.95. The molecule has 5 rings (SSSR count). The van der Waals surface area contributed by atoms with E-state index in [-0.39, 0.29) is 18.1 Å². The molecule has 2 aliphatic heterocycles. The Bertz CT molecular complexity index is 986. The maximum absolute atomic E-state index is 13.2. The molecular formula is C22H23N3O3S. The van der Waals surface area contributed by atoms with Crippen LogP contribution >= 0.6 is 11.3 Å². The summed E-state index contributed by atoms with van der Waals surface area (Å²) in [6, 6.07) is 14.6. The average Bonchev–Trinajstić information content (AvgIpc) is 3.48. The van der Waals surface area contributed by atoms with Crippen molar-refractivity contribution in [3.05, 3.63) is 64.9 Å². The number of carbonyl (C=O) groups excluding carboxylic acids is 1. The molecule has 29 heavy (non-hydrogen) atoms. The van der Waals surface area contributed by atoms with Crippen LogP contribution in [0.5, 0.6) is 0 Å². The van der Waals surface area contributed by atoms with Gasteiger partial charge in [0, 0.05) is 26.2 Å². The minimum absolute atomic E-state index is 0.0420. The Labute approximate surface area is 173 Å². The summed E-state index contributed by atoms with van der Waals surface area (Å²) in [6.07, 6.45) is 0.0420. The van der Waals surface area contributed by atoms with Crippen LogP contribution in [0.25, 0.3) is 10.8 Å². The van der Waals surface area contributed by atoms with E-state index < -0.39 is 0 Å². The third-order valence-electron chi connectivity index (χ3n) is 5.66. The SMILES string of the molecule is Cc1oc(-c2cccs2)nc1C(=O)N1C[C@@H]2OCCN(Cc3ccccc3)[C@H]2C1. The molecule has 2 aliphatic rings. The number of aromatic nitrogens is 1. The summed E-state index contributed by atoms with van der Waals surface area (Å²) in [5.74, 6) is 1.00. The predicted molar refractivity (Wildman–Crippen MR) is 111 cm³/mol. The molecule has 0 aliphatic carbocycles. The van der Waals surface area contributed by atoms with Gasteiger partial charge in [-0.3, -0.25) is 9.69 Å². The van der Waals surface area contributed by atoms with Crippen LogP contribution in [0, 0.1) is 6.92 Å². The van der Waals surface area contributed by atoms with E-state index >= 15 is 0 Å². The molecular weight excluding hydrogens is 386 g/mol. The number of ether oxygens (including phenoxy) is 1. The zero-order chi connectivity index (χ0) is 19.8. The van der Waals surface area contributed by atoms with Crippen molar-refractivity contribution >= 4 is 17.2 Å². The van der Waals surface area contributed by atoms with Gasteiger partial charge in [0.15, 0.2) is 5.69 Å². The second kappa shape index (κ2) is 7.74. The first-order chi connectivity index (χ1) is 14.2. The fourth-order valence-electron chi connectivity index (χ4n) is 4.19. The quantitative estimate of drug-likeness (QED) is 0.661. The summed E-state index contributed by atoms with van der Waals surface area (Å²) in [5.41, 5.74) is 1.69. The van der Waals surface area contributed by atoms with Gasteiger partial charge in [-0.15, -0.1) is 11.3 Å². The highest BCUT2D eigenvalue weighted by Crippen LogP contribution is 2.29. The predicted octanol–water partition coefficient (Wildman–Crippen LogP) is 3.44. The van der Waals surface area contributed by atoms with Gasteiger partial charge in [-0.25, -0.2) is 4.98 Å². The molecule has 3 aromatic rings. The molecule has 1 amide bonds. The number of oxazole rings is 1. The number of carbonyl (C=O) groups is 1. The van der Waals surface area contributed by atoms with Crippen molar-refractivity contribution < 1.29 is 13.9 Å². The van der Waals surface area contributed by atoms with E-state index in [4.69, 9.17) is 9.15 Å². The maximum Gasteiger partial charge on any atom is 0.276 e. The maximum atomic E-state index is 13.2. The molecule has 0 radical (unpaired) electrons. The molecule has 0 bridgehead atoms. The number of aryl methyl sites for hydroxylation is 1. The van der Waals surface area contributed by atoms with Crippen LogP contribution in [0.3, 0.4) is 0 Å². The summed E-state index contributed by atoms with van der Waals surface area (Å²) in [7, 11) is 0. The van der Waals surface area contributed by atoms with Crippen LogP contribution in [-0.2, 0) is 11.3 Å². The molecule has 4 heterocycles. The largest absolute Gasteiger partial charge is 0.440 e. The minimum atomic E-state index is -0.0771. The number of benzene rings is 1. The van der Waals surface area contributed by atoms with Crippen LogP contribution in [0.1, 0.15) is 21.8 Å². The van der Waals surface area contributed by atoms with Gasteiger partial charge in [0.2, 0.25) is 5.89 Å². The first kappa shape index (κ1) is 18.5. The van der Waals surface area contributed by atoms with Crippen molar-refractivity contribution in [1.82, 2.24) is 14.8 Å². The number of fused-ring (bicyclic) bond motifs is 1. The Morgan fingerprint density at radius 2 is 2.07 bits per heavy atom. The molecule has 2 aromatic heterocycles. The zero-order valence-corrected chi connectivity index (χ0v) is 17.1. The third-order valence-corrected chi connectivity index (χ3v) is 6.52. The fraction of sp³-hybridized carbons (Fsp3) is 0.364. The van der Waals surface area contributed by atoms with Crippen LogP contribution in [0.4, 0.5) is 0 Å². The van der Waals surface area contributed by atoms with Crippen molar-refractivity contribution in [1.29, 1.82) is 0 Å². The molecule has 2 saturated heterocycles. The highest BCUT2D eigenvalue weighted by Gasteiger charge is 2.42. The van der Waals surface area contributed by atoms with Crippen LogP contribution in [-0.4, -0.2) is 59.1 Å². The molecule has 2 atom stereocenters. The van der Waals surface area contributed by atoms with Crippen molar-refractivity contribution in [3.8, 4) is 10.8 Å². The van der Waals surface area contributed by atoms with Crippen molar-refractivity contribution in [2.24, 2.45) is 0 Å². The first-order valence-corrected chi connectivity index (χ1v) is 10.8. The number of thiophene rings is 1. The number of rotatable bonds is 4. The van der Waals surface area contributed by atoms with Gasteiger partial charge in [0.05, 0.1) is 23.6 Å². The van der Waals surface area contributed by atoms with Crippen molar-refractivity contribution in [2.75, 3.05) is 26.2 Å². The normalized spacial score (nSPS) is 22.0. The Morgan fingerprint density at radius 3 is 2.86 bits per heavy atom. The van der Waals surface area contributed by atoms with Gasteiger partial charge in [-0.1, -0.05) is 36.4 Å². The number of hydrogen-bond donors (Lipinski definition) is 0. The highest BCUT2D eigenvalue weighted by molar-refractivity contribution is 7.13. The molecule has 7 heteroatoms. The van der Waals surface area contributed by atoms with Gasteiger partial charge >= 0.3 is 0 Å². The number of hydrogen-bond acceptors (Lipinski definition) is 6. The smallest absolute Gasteiger partial charge is 0.276 e. The summed E-state index contributed by atoms with van der Waals surface area (Å²) in [4.78, 5) is 22.9. The molecule has 0 spiro atoms. The lowest BCUT2D eigenvalue weighted by molar-refractivity contribution is -0.0503. The Hall–Kier alpha value is -2.48. The summed E-state index contributed by atoms with van der Waals surface area (Å²) in [5, 5.41) is 1.97. The molecule has 0 saturated carbocycles. The van der Waals surface area contributed by atoms with Crippen LogP contribution in [0.15, 0.2) is 52.3 Å². The third kappa shape index (κ3) is 3.61. The number of morpholine rings is 1. The van der Waals surface area contributed by atoms with E-state index in [2.05, 4.69) is 34.1 Å². The fourth-order valence-corrected chi connectivity index (χ4v) is 4.84. The minimum Gasteiger partial charge on any atom is -0.440 e. The molecule has 0 N–H and O–H groups in total. The van der Waals surface area contributed by atoms with E-state index in [1.807, 2.05) is 28.5 Å². The van der Waals surface area contributed by atoms with E-state index in [0.29, 0.717) is 37.0 Å². The average molecular weight is 410 g/mol. The highest BCUT2D eigenvalue weighted by atomic mass is 32.1. The van der Waals surface area contributed by atoms with Crippen molar-refractivity contribution in [3.63, 3.8) is 0 Å². The summed E-state index contributed by atoms with van der Waals surface area (Å²) < 4.78 is 11.8. The second-order valence-electron chi connectivity index (χ2n) is 7.54. The molecule has 6 nitrogen and oxygen atoms in total. The lowest BCUT2D eigenvalue weighted by Crippen LogP contribution is -2.50. The number of likely N-dealkylation sites (tertiary alicyclic amines) is 1. The summed E-state index contributed by atoms with van der Waals surface area (Å²) in [6.45, 7) is 5.50. The number of nitrogens with zero attached hydrogens (tertiary/aromatic N) is 3. The topological polar surface area (TPSA) is 58.8 Å². The molecule has 150 valence electrons. The van der Waals surface area contributed by atoms with Gasteiger partial charge < -0.3 is 14.1 Å². The molecule has 2 fully saturated rings. The van der Waals surface area contributed by atoms with Crippen molar-refractivity contribution in [2.45, 2.75) is 25.6 Å². The van der Waals surface area contributed by atoms with Gasteiger partial charge in [-0.05, 0) is 23.9 Å². The van der Waals surface area contributed by atoms with Crippen LogP contribution in [0.2, 0.25) is 0 Å². The second-order valence-corrected chi connectivity index (χ2v) is 8.49. The van der Waals surface area contributed by atoms with Gasteiger partial charge in [-0.2, -0.15) is 0 Å². The van der Waals surface area contributed by atoms with E-state index in [1.54, 1.807) is 18.3 Å². The summed E-state index contributed by atoms with van der Waals surface area (Å²) >= 11 is 1.55.